The monoisotopic (exact) mass is 263 g/mol. The number of aromatic nitrogens is 2. The van der Waals surface area contributed by atoms with Crippen LogP contribution in [0, 0.1) is 5.82 Å². The lowest BCUT2D eigenvalue weighted by Gasteiger charge is -2.14. The Labute approximate surface area is 112 Å². The van der Waals surface area contributed by atoms with Crippen LogP contribution < -0.4 is 10.5 Å². The molecule has 0 unspecified atom stereocenters. The third-order valence-corrected chi connectivity index (χ3v) is 2.84. The van der Waals surface area contributed by atoms with Crippen LogP contribution in [-0.4, -0.2) is 16.2 Å². The first-order valence-electron chi connectivity index (χ1n) is 6.30. The molecule has 19 heavy (non-hydrogen) atoms. The number of hydrogen-bond donors (Lipinski definition) is 1. The van der Waals surface area contributed by atoms with Crippen LogP contribution in [0.4, 0.5) is 4.39 Å². The molecule has 1 aromatic carbocycles. The molecular weight excluding hydrogens is 245 g/mol. The maximum absolute atomic E-state index is 13.2. The van der Waals surface area contributed by atoms with E-state index in [1.54, 1.807) is 18.6 Å². The summed E-state index contributed by atoms with van der Waals surface area (Å²) < 4.78 is 20.8. The molecule has 1 aromatic heterocycles. The number of imidazole rings is 1. The van der Waals surface area contributed by atoms with Gasteiger partial charge >= 0.3 is 0 Å². The van der Waals surface area contributed by atoms with Crippen molar-refractivity contribution in [2.24, 2.45) is 5.73 Å². The van der Waals surface area contributed by atoms with Gasteiger partial charge in [0.05, 0.1) is 12.9 Å². The lowest BCUT2D eigenvalue weighted by Crippen LogP contribution is -2.10. The van der Waals surface area contributed by atoms with Gasteiger partial charge in [-0.1, -0.05) is 6.07 Å². The van der Waals surface area contributed by atoms with Crippen molar-refractivity contribution in [2.45, 2.75) is 25.9 Å². The predicted molar refractivity (Wildman–Crippen MR) is 71.3 cm³/mol. The zero-order valence-corrected chi connectivity index (χ0v) is 10.9. The minimum absolute atomic E-state index is 0.177. The molecule has 1 heterocycles. The van der Waals surface area contributed by atoms with Gasteiger partial charge in [0.25, 0.3) is 0 Å². The molecular formula is C14H18FN3O. The second-order valence-corrected chi connectivity index (χ2v) is 4.47. The molecule has 5 heteroatoms. The largest absolute Gasteiger partial charge is 0.493 e. The molecule has 1 atom stereocenters. The lowest BCUT2D eigenvalue weighted by molar-refractivity contribution is 0.296. The highest BCUT2D eigenvalue weighted by atomic mass is 19.1. The molecule has 0 bridgehead atoms. The Morgan fingerprint density at radius 2 is 2.32 bits per heavy atom. The molecule has 0 saturated carbocycles. The van der Waals surface area contributed by atoms with Crippen molar-refractivity contribution in [3.8, 4) is 5.75 Å². The SMILES string of the molecule is C[C@@H](N)c1ccc(F)cc1OCCCn1ccnc1. The average Bonchev–Trinajstić information content (AvgIpc) is 2.87. The molecule has 0 fully saturated rings. The zero-order chi connectivity index (χ0) is 13.7. The number of rotatable bonds is 6. The van der Waals surface area contributed by atoms with E-state index in [0.717, 1.165) is 18.5 Å². The van der Waals surface area contributed by atoms with Gasteiger partial charge in [0.1, 0.15) is 11.6 Å². The molecule has 2 aromatic rings. The van der Waals surface area contributed by atoms with Crippen LogP contribution >= 0.6 is 0 Å². The van der Waals surface area contributed by atoms with E-state index in [0.29, 0.717) is 12.4 Å². The van der Waals surface area contributed by atoms with Crippen molar-refractivity contribution in [2.75, 3.05) is 6.61 Å². The number of hydrogen-bond acceptors (Lipinski definition) is 3. The van der Waals surface area contributed by atoms with Crippen molar-refractivity contribution >= 4 is 0 Å². The fourth-order valence-electron chi connectivity index (χ4n) is 1.86. The number of ether oxygens (including phenoxy) is 1. The molecule has 0 aliphatic rings. The van der Waals surface area contributed by atoms with Gasteiger partial charge in [-0.25, -0.2) is 9.37 Å². The number of nitrogens with two attached hydrogens (primary N) is 1. The fraction of sp³-hybridized carbons (Fsp3) is 0.357. The Hall–Kier alpha value is -1.88. The third kappa shape index (κ3) is 3.79. The van der Waals surface area contributed by atoms with Gasteiger partial charge in [-0.2, -0.15) is 0 Å². The Morgan fingerprint density at radius 1 is 1.47 bits per heavy atom. The van der Waals surface area contributed by atoms with Crippen molar-refractivity contribution in [3.05, 3.63) is 48.3 Å². The predicted octanol–water partition coefficient (Wildman–Crippen LogP) is 2.51. The van der Waals surface area contributed by atoms with E-state index in [1.807, 2.05) is 17.7 Å². The van der Waals surface area contributed by atoms with E-state index in [9.17, 15) is 4.39 Å². The topological polar surface area (TPSA) is 53.1 Å². The minimum Gasteiger partial charge on any atom is -0.493 e. The lowest BCUT2D eigenvalue weighted by atomic mass is 10.1. The van der Waals surface area contributed by atoms with Gasteiger partial charge < -0.3 is 15.0 Å². The van der Waals surface area contributed by atoms with Crippen molar-refractivity contribution in [3.63, 3.8) is 0 Å². The number of halogens is 1. The van der Waals surface area contributed by atoms with Crippen molar-refractivity contribution in [1.82, 2.24) is 9.55 Å². The normalized spacial score (nSPS) is 12.4. The van der Waals surface area contributed by atoms with E-state index in [2.05, 4.69) is 4.98 Å². The zero-order valence-electron chi connectivity index (χ0n) is 10.9. The van der Waals surface area contributed by atoms with Gasteiger partial charge in [0.2, 0.25) is 0 Å². The first-order valence-corrected chi connectivity index (χ1v) is 6.30. The van der Waals surface area contributed by atoms with E-state index < -0.39 is 0 Å². The highest BCUT2D eigenvalue weighted by Gasteiger charge is 2.09. The summed E-state index contributed by atoms with van der Waals surface area (Å²) in [4.78, 5) is 3.96. The number of aryl methyl sites for hydroxylation is 1. The molecule has 0 aliphatic carbocycles. The summed E-state index contributed by atoms with van der Waals surface area (Å²) in [6, 6.07) is 4.28. The Bertz CT molecular complexity index is 511. The summed E-state index contributed by atoms with van der Waals surface area (Å²) in [5.41, 5.74) is 6.65. The quantitative estimate of drug-likeness (QED) is 0.815. The fourth-order valence-corrected chi connectivity index (χ4v) is 1.86. The third-order valence-electron chi connectivity index (χ3n) is 2.84. The van der Waals surface area contributed by atoms with Crippen LogP contribution in [-0.2, 0) is 6.54 Å². The molecule has 0 amide bonds. The summed E-state index contributed by atoms with van der Waals surface area (Å²) in [5.74, 6) is 0.217. The molecule has 0 aliphatic heterocycles. The van der Waals surface area contributed by atoms with E-state index in [-0.39, 0.29) is 11.9 Å². The van der Waals surface area contributed by atoms with Gasteiger partial charge in [-0.3, -0.25) is 0 Å². The Balaban J connectivity index is 1.89. The van der Waals surface area contributed by atoms with E-state index >= 15 is 0 Å². The standard InChI is InChI=1S/C14H18FN3O/c1-11(16)13-4-3-12(15)9-14(13)19-8-2-6-18-7-5-17-10-18/h3-5,7,9-11H,2,6,8,16H2,1H3/t11-/m1/s1. The van der Waals surface area contributed by atoms with E-state index in [1.165, 1.54) is 12.1 Å². The van der Waals surface area contributed by atoms with Crippen molar-refractivity contribution < 1.29 is 9.13 Å². The maximum atomic E-state index is 13.2. The molecule has 4 nitrogen and oxygen atoms in total. The summed E-state index contributed by atoms with van der Waals surface area (Å²) in [6.45, 7) is 3.19. The summed E-state index contributed by atoms with van der Waals surface area (Å²) >= 11 is 0. The van der Waals surface area contributed by atoms with E-state index in [4.69, 9.17) is 10.5 Å². The molecule has 102 valence electrons. The van der Waals surface area contributed by atoms with Crippen LogP contribution in [0.25, 0.3) is 0 Å². The smallest absolute Gasteiger partial charge is 0.126 e. The summed E-state index contributed by atoms with van der Waals surface area (Å²) in [6.07, 6.45) is 6.22. The van der Waals surface area contributed by atoms with Crippen LogP contribution in [0.2, 0.25) is 0 Å². The Morgan fingerprint density at radius 3 is 3.00 bits per heavy atom. The molecule has 0 radical (unpaired) electrons. The highest BCUT2D eigenvalue weighted by molar-refractivity contribution is 5.36. The first-order chi connectivity index (χ1) is 9.16. The number of benzene rings is 1. The van der Waals surface area contributed by atoms with Crippen LogP contribution in [0.5, 0.6) is 5.75 Å². The van der Waals surface area contributed by atoms with Crippen molar-refractivity contribution in [1.29, 1.82) is 0 Å². The van der Waals surface area contributed by atoms with Crippen LogP contribution in [0.3, 0.4) is 0 Å². The maximum Gasteiger partial charge on any atom is 0.126 e. The van der Waals surface area contributed by atoms with Gasteiger partial charge in [0.15, 0.2) is 0 Å². The van der Waals surface area contributed by atoms with Gasteiger partial charge in [-0.15, -0.1) is 0 Å². The van der Waals surface area contributed by atoms with Gasteiger partial charge in [0, 0.05) is 36.6 Å². The molecule has 2 N–H and O–H groups in total. The second kappa shape index (κ2) is 6.33. The second-order valence-electron chi connectivity index (χ2n) is 4.47. The molecule has 0 saturated heterocycles. The highest BCUT2D eigenvalue weighted by Crippen LogP contribution is 2.24. The Kier molecular flexibility index (Phi) is 4.52. The molecule has 2 rings (SSSR count). The summed E-state index contributed by atoms with van der Waals surface area (Å²) in [5, 5.41) is 0. The average molecular weight is 263 g/mol. The number of nitrogens with zero attached hydrogens (tertiary/aromatic N) is 2. The van der Waals surface area contributed by atoms with Crippen LogP contribution in [0.1, 0.15) is 24.9 Å². The van der Waals surface area contributed by atoms with Crippen LogP contribution in [0.15, 0.2) is 36.9 Å². The summed E-state index contributed by atoms with van der Waals surface area (Å²) in [7, 11) is 0. The first kappa shape index (κ1) is 13.5. The van der Waals surface area contributed by atoms with Gasteiger partial charge in [-0.05, 0) is 19.4 Å². The minimum atomic E-state index is -0.311. The molecule has 0 spiro atoms.